The molecule has 0 bridgehead atoms. The topological polar surface area (TPSA) is 37.4 Å². The fourth-order valence-corrected chi connectivity index (χ4v) is 4.87. The van der Waals surface area contributed by atoms with E-state index < -0.39 is 10.0 Å². The van der Waals surface area contributed by atoms with Gasteiger partial charge in [0, 0.05) is 0 Å². The van der Waals surface area contributed by atoms with Gasteiger partial charge in [-0.15, -0.1) is 0 Å². The van der Waals surface area contributed by atoms with E-state index in [0.717, 1.165) is 11.1 Å². The van der Waals surface area contributed by atoms with Crippen LogP contribution in [0.5, 0.6) is 0 Å². The first-order valence-corrected chi connectivity index (χ1v) is 11.5. The van der Waals surface area contributed by atoms with E-state index in [4.69, 9.17) is 0 Å². The van der Waals surface area contributed by atoms with Gasteiger partial charge in [-0.1, -0.05) is 90.5 Å². The Morgan fingerprint density at radius 3 is 1.71 bits per heavy atom. The molecular formula is C27H23NO2S. The second-order valence-corrected chi connectivity index (χ2v) is 9.04. The molecule has 0 spiro atoms. The molecule has 0 aliphatic heterocycles. The Bertz CT molecular complexity index is 1240. The van der Waals surface area contributed by atoms with E-state index in [9.17, 15) is 8.42 Å². The van der Waals surface area contributed by atoms with Crippen molar-refractivity contribution < 1.29 is 8.42 Å². The van der Waals surface area contributed by atoms with Crippen molar-refractivity contribution in [3.63, 3.8) is 0 Å². The van der Waals surface area contributed by atoms with Crippen LogP contribution in [-0.4, -0.2) is 8.42 Å². The summed E-state index contributed by atoms with van der Waals surface area (Å²) in [5.74, 6) is 0. The van der Waals surface area contributed by atoms with Crippen LogP contribution in [0, 0.1) is 6.92 Å². The van der Waals surface area contributed by atoms with Gasteiger partial charge in [-0.3, -0.25) is 0 Å². The van der Waals surface area contributed by atoms with Crippen molar-refractivity contribution in [1.82, 2.24) is 0 Å². The fraction of sp³-hybridized carbons (Fsp3) is 0.0370. The van der Waals surface area contributed by atoms with E-state index in [-0.39, 0.29) is 4.90 Å². The minimum atomic E-state index is -3.79. The number of para-hydroxylation sites is 2. The molecular weight excluding hydrogens is 402 g/mol. The Morgan fingerprint density at radius 2 is 1.16 bits per heavy atom. The number of sulfonamides is 1. The molecule has 0 N–H and O–H groups in total. The number of nitrogens with zero attached hydrogens (tertiary/aromatic N) is 1. The zero-order chi connectivity index (χ0) is 21.7. The third kappa shape index (κ3) is 4.76. The molecule has 0 saturated carbocycles. The Hall–Kier alpha value is -3.63. The van der Waals surface area contributed by atoms with Crippen molar-refractivity contribution >= 4 is 33.6 Å². The van der Waals surface area contributed by atoms with Crippen LogP contribution in [-0.2, 0) is 10.0 Å². The lowest BCUT2D eigenvalue weighted by Crippen LogP contribution is -2.26. The van der Waals surface area contributed by atoms with Crippen molar-refractivity contribution in [3.05, 3.63) is 126 Å². The van der Waals surface area contributed by atoms with Gasteiger partial charge in [0.1, 0.15) is 0 Å². The van der Waals surface area contributed by atoms with Gasteiger partial charge in [-0.05, 0) is 54.4 Å². The highest BCUT2D eigenvalue weighted by atomic mass is 32.2. The third-order valence-electron chi connectivity index (χ3n) is 4.91. The molecule has 0 radical (unpaired) electrons. The van der Waals surface area contributed by atoms with Crippen LogP contribution < -0.4 is 4.31 Å². The summed E-state index contributed by atoms with van der Waals surface area (Å²) in [6.07, 6.45) is 4.01. The Kier molecular flexibility index (Phi) is 6.01. The van der Waals surface area contributed by atoms with Crippen LogP contribution in [0.15, 0.2) is 114 Å². The molecule has 0 saturated heterocycles. The van der Waals surface area contributed by atoms with E-state index in [0.29, 0.717) is 11.4 Å². The molecule has 0 heterocycles. The van der Waals surface area contributed by atoms with Crippen LogP contribution in [0.3, 0.4) is 0 Å². The van der Waals surface area contributed by atoms with Gasteiger partial charge in [0.2, 0.25) is 0 Å². The van der Waals surface area contributed by atoms with Crippen LogP contribution >= 0.6 is 0 Å². The summed E-state index contributed by atoms with van der Waals surface area (Å²) in [7, 11) is -3.79. The lowest BCUT2D eigenvalue weighted by Gasteiger charge is -2.24. The van der Waals surface area contributed by atoms with Crippen LogP contribution in [0.25, 0.3) is 12.2 Å². The third-order valence-corrected chi connectivity index (χ3v) is 6.68. The van der Waals surface area contributed by atoms with Crippen molar-refractivity contribution in [2.45, 2.75) is 11.8 Å². The maximum Gasteiger partial charge on any atom is 0.268 e. The molecule has 31 heavy (non-hydrogen) atoms. The molecule has 4 aromatic rings. The number of aryl methyl sites for hydroxylation is 1. The molecule has 0 unspecified atom stereocenters. The first-order valence-electron chi connectivity index (χ1n) is 10.0. The van der Waals surface area contributed by atoms with Gasteiger partial charge in [0.25, 0.3) is 10.0 Å². The molecule has 0 atom stereocenters. The lowest BCUT2D eigenvalue weighted by atomic mass is 10.1. The zero-order valence-corrected chi connectivity index (χ0v) is 18.0. The summed E-state index contributed by atoms with van der Waals surface area (Å²) < 4.78 is 28.5. The standard InChI is InChI=1S/C27H23NO2S/c1-22-9-8-10-24(21-22)16-15-23-17-19-27(20-18-23)31(29,30)28(25-11-4-2-5-12-25)26-13-6-3-7-14-26/h2-21H,1H3/b16-15+. The maximum atomic E-state index is 13.6. The number of anilines is 2. The smallest absolute Gasteiger partial charge is 0.235 e. The summed E-state index contributed by atoms with van der Waals surface area (Å²) in [4.78, 5) is 0.243. The van der Waals surface area contributed by atoms with E-state index in [1.807, 2.05) is 72.8 Å². The largest absolute Gasteiger partial charge is 0.268 e. The number of hydrogen-bond donors (Lipinski definition) is 0. The first kappa shape index (κ1) is 20.6. The van der Waals surface area contributed by atoms with Gasteiger partial charge in [-0.25, -0.2) is 12.7 Å². The highest BCUT2D eigenvalue weighted by molar-refractivity contribution is 7.93. The van der Waals surface area contributed by atoms with E-state index in [2.05, 4.69) is 19.1 Å². The van der Waals surface area contributed by atoms with Crippen LogP contribution in [0.1, 0.15) is 16.7 Å². The average molecular weight is 426 g/mol. The Morgan fingerprint density at radius 1 is 0.613 bits per heavy atom. The van der Waals surface area contributed by atoms with Crippen molar-refractivity contribution in [1.29, 1.82) is 0 Å². The quantitative estimate of drug-likeness (QED) is 0.323. The molecule has 4 aromatic carbocycles. The number of benzene rings is 4. The maximum absolute atomic E-state index is 13.6. The normalized spacial score (nSPS) is 11.5. The Labute approximate surface area is 184 Å². The van der Waals surface area contributed by atoms with Gasteiger partial charge in [0.15, 0.2) is 0 Å². The molecule has 4 rings (SSSR count). The number of hydrogen-bond acceptors (Lipinski definition) is 2. The minimum Gasteiger partial charge on any atom is -0.235 e. The van der Waals surface area contributed by atoms with Crippen molar-refractivity contribution in [3.8, 4) is 0 Å². The summed E-state index contributed by atoms with van der Waals surface area (Å²) in [5.41, 5.74) is 4.43. The molecule has 0 aliphatic carbocycles. The lowest BCUT2D eigenvalue weighted by molar-refractivity contribution is 0.596. The van der Waals surface area contributed by atoms with Crippen LogP contribution in [0.4, 0.5) is 11.4 Å². The summed E-state index contributed by atoms with van der Waals surface area (Å²) in [5, 5.41) is 0. The van der Waals surface area contributed by atoms with Gasteiger partial charge >= 0.3 is 0 Å². The molecule has 3 nitrogen and oxygen atoms in total. The monoisotopic (exact) mass is 425 g/mol. The molecule has 0 amide bonds. The predicted octanol–water partition coefficient (Wildman–Crippen LogP) is 6.69. The highest BCUT2D eigenvalue weighted by Gasteiger charge is 2.26. The number of rotatable bonds is 6. The molecule has 0 fully saturated rings. The minimum absolute atomic E-state index is 0.243. The zero-order valence-electron chi connectivity index (χ0n) is 17.2. The molecule has 154 valence electrons. The van der Waals surface area contributed by atoms with Crippen molar-refractivity contribution in [2.75, 3.05) is 4.31 Å². The summed E-state index contributed by atoms with van der Waals surface area (Å²) in [6.45, 7) is 2.06. The molecule has 0 aliphatic rings. The highest BCUT2D eigenvalue weighted by Crippen LogP contribution is 2.32. The predicted molar refractivity (Wildman–Crippen MR) is 129 cm³/mol. The van der Waals surface area contributed by atoms with E-state index >= 15 is 0 Å². The van der Waals surface area contributed by atoms with Crippen molar-refractivity contribution in [2.24, 2.45) is 0 Å². The fourth-order valence-electron chi connectivity index (χ4n) is 3.38. The van der Waals surface area contributed by atoms with E-state index in [1.54, 1.807) is 36.4 Å². The SMILES string of the molecule is Cc1cccc(/C=C/c2ccc(S(=O)(=O)N(c3ccccc3)c3ccccc3)cc2)c1. The van der Waals surface area contributed by atoms with Gasteiger partial charge < -0.3 is 0 Å². The second kappa shape index (κ2) is 9.02. The van der Waals surface area contributed by atoms with Gasteiger partial charge in [-0.2, -0.15) is 0 Å². The Balaban J connectivity index is 1.67. The average Bonchev–Trinajstić information content (AvgIpc) is 2.79. The second-order valence-electron chi connectivity index (χ2n) is 7.26. The molecule has 0 aromatic heterocycles. The van der Waals surface area contributed by atoms with Gasteiger partial charge in [0.05, 0.1) is 16.3 Å². The first-order chi connectivity index (χ1) is 15.0. The summed E-state index contributed by atoms with van der Waals surface area (Å²) in [6, 6.07) is 33.4. The summed E-state index contributed by atoms with van der Waals surface area (Å²) >= 11 is 0. The van der Waals surface area contributed by atoms with E-state index in [1.165, 1.54) is 9.87 Å². The van der Waals surface area contributed by atoms with Crippen LogP contribution in [0.2, 0.25) is 0 Å². The molecule has 4 heteroatoms.